The van der Waals surface area contributed by atoms with Crippen molar-refractivity contribution in [3.05, 3.63) is 63.5 Å². The highest BCUT2D eigenvalue weighted by Crippen LogP contribution is 2.27. The van der Waals surface area contributed by atoms with Crippen molar-refractivity contribution in [2.45, 2.75) is 26.8 Å². The summed E-state index contributed by atoms with van der Waals surface area (Å²) in [6.07, 6.45) is 0.0339. The van der Waals surface area contributed by atoms with E-state index < -0.39 is 11.5 Å². The van der Waals surface area contributed by atoms with Gasteiger partial charge in [-0.15, -0.1) is 0 Å². The summed E-state index contributed by atoms with van der Waals surface area (Å²) in [6.45, 7) is 4.64. The van der Waals surface area contributed by atoms with Crippen LogP contribution in [0, 0.1) is 0 Å². The van der Waals surface area contributed by atoms with E-state index in [1.54, 1.807) is 47.4 Å². The van der Waals surface area contributed by atoms with E-state index in [2.05, 4.69) is 10.4 Å². The summed E-state index contributed by atoms with van der Waals surface area (Å²) in [6, 6.07) is 11.8. The van der Waals surface area contributed by atoms with Gasteiger partial charge in [0.2, 0.25) is 11.8 Å². The van der Waals surface area contributed by atoms with E-state index in [0.717, 1.165) is 4.68 Å². The van der Waals surface area contributed by atoms with Crippen molar-refractivity contribution in [1.29, 1.82) is 0 Å². The maximum atomic E-state index is 13.0. The van der Waals surface area contributed by atoms with Crippen LogP contribution in [0.5, 0.6) is 5.75 Å². The summed E-state index contributed by atoms with van der Waals surface area (Å²) >= 11 is 6.02. The van der Waals surface area contributed by atoms with Crippen LogP contribution in [0.15, 0.2) is 47.3 Å². The number of methoxy groups -OCH3 is 1. The van der Waals surface area contributed by atoms with Crippen molar-refractivity contribution in [3.8, 4) is 5.75 Å². The predicted octanol–water partition coefficient (Wildman–Crippen LogP) is 3.11. The molecular formula is C23H25ClN4O4. The third kappa shape index (κ3) is 5.08. The van der Waals surface area contributed by atoms with Crippen LogP contribution in [-0.4, -0.2) is 46.7 Å². The first-order valence-electron chi connectivity index (χ1n) is 10.3. The van der Waals surface area contributed by atoms with Gasteiger partial charge in [-0.3, -0.25) is 14.4 Å². The van der Waals surface area contributed by atoms with Crippen LogP contribution < -0.4 is 15.6 Å². The van der Waals surface area contributed by atoms with Gasteiger partial charge in [0.15, 0.2) is 0 Å². The number of anilines is 1. The Hall–Kier alpha value is -3.39. The molecule has 0 bridgehead atoms. The van der Waals surface area contributed by atoms with Crippen LogP contribution in [0.1, 0.15) is 19.5 Å². The Morgan fingerprint density at radius 1 is 1.12 bits per heavy atom. The average Bonchev–Trinajstić information content (AvgIpc) is 2.78. The highest BCUT2D eigenvalue weighted by molar-refractivity contribution is 6.31. The molecule has 0 unspecified atom stereocenters. The first-order chi connectivity index (χ1) is 15.4. The second kappa shape index (κ2) is 10.3. The van der Waals surface area contributed by atoms with Crippen LogP contribution in [-0.2, 0) is 22.6 Å². The van der Waals surface area contributed by atoms with E-state index in [4.69, 9.17) is 16.3 Å². The number of likely N-dealkylation sites (N-methyl/N-ethyl adjacent to an activating group) is 1. The molecule has 168 valence electrons. The van der Waals surface area contributed by atoms with Gasteiger partial charge in [0, 0.05) is 23.5 Å². The third-order valence-electron chi connectivity index (χ3n) is 5.11. The zero-order valence-electron chi connectivity index (χ0n) is 18.2. The number of nitrogens with zero attached hydrogens (tertiary/aromatic N) is 3. The minimum Gasteiger partial charge on any atom is -0.495 e. The van der Waals surface area contributed by atoms with E-state index in [0.29, 0.717) is 46.0 Å². The Morgan fingerprint density at radius 2 is 1.81 bits per heavy atom. The molecule has 0 saturated heterocycles. The minimum atomic E-state index is -0.475. The highest BCUT2D eigenvalue weighted by Gasteiger charge is 2.18. The summed E-state index contributed by atoms with van der Waals surface area (Å²) in [4.78, 5) is 40.0. The van der Waals surface area contributed by atoms with E-state index in [1.807, 2.05) is 13.8 Å². The molecular weight excluding hydrogens is 432 g/mol. The number of carbonyl (C=O) groups excluding carboxylic acids is 2. The zero-order valence-corrected chi connectivity index (χ0v) is 19.0. The number of benzene rings is 2. The molecule has 0 aliphatic carbocycles. The molecule has 1 heterocycles. The largest absolute Gasteiger partial charge is 0.495 e. The van der Waals surface area contributed by atoms with E-state index in [1.165, 1.54) is 7.11 Å². The number of nitrogens with one attached hydrogen (secondary N) is 1. The summed E-state index contributed by atoms with van der Waals surface area (Å²) in [5, 5.41) is 8.50. The van der Waals surface area contributed by atoms with Crippen molar-refractivity contribution < 1.29 is 14.3 Å². The summed E-state index contributed by atoms with van der Waals surface area (Å²) < 4.78 is 6.32. The first kappa shape index (κ1) is 23.3. The molecule has 2 amide bonds. The molecule has 0 aliphatic heterocycles. The monoisotopic (exact) mass is 456 g/mol. The number of halogens is 1. The minimum absolute atomic E-state index is 0.0339. The van der Waals surface area contributed by atoms with Crippen LogP contribution in [0.2, 0.25) is 5.02 Å². The number of fused-ring (bicyclic) bond motifs is 1. The molecule has 8 nitrogen and oxygen atoms in total. The lowest BCUT2D eigenvalue weighted by atomic mass is 10.1. The molecule has 0 saturated carbocycles. The number of carbonyl (C=O) groups is 2. The highest BCUT2D eigenvalue weighted by atomic mass is 35.5. The van der Waals surface area contributed by atoms with Gasteiger partial charge in [-0.2, -0.15) is 5.10 Å². The fourth-order valence-corrected chi connectivity index (χ4v) is 3.65. The lowest BCUT2D eigenvalue weighted by molar-refractivity contribution is -0.130. The predicted molar refractivity (Wildman–Crippen MR) is 124 cm³/mol. The number of amides is 2. The van der Waals surface area contributed by atoms with Gasteiger partial charge < -0.3 is 15.0 Å². The average molecular weight is 457 g/mol. The van der Waals surface area contributed by atoms with E-state index in [-0.39, 0.29) is 18.9 Å². The van der Waals surface area contributed by atoms with Gasteiger partial charge in [-0.05, 0) is 38.1 Å². The van der Waals surface area contributed by atoms with Gasteiger partial charge in [0.25, 0.3) is 5.56 Å². The molecule has 9 heteroatoms. The van der Waals surface area contributed by atoms with Gasteiger partial charge >= 0.3 is 0 Å². The zero-order chi connectivity index (χ0) is 23.3. The van der Waals surface area contributed by atoms with Crippen LogP contribution in [0.3, 0.4) is 0 Å². The Kier molecular flexibility index (Phi) is 7.48. The molecule has 0 aliphatic rings. The van der Waals surface area contributed by atoms with Crippen LogP contribution in [0.25, 0.3) is 10.8 Å². The van der Waals surface area contributed by atoms with Gasteiger partial charge in [0.1, 0.15) is 12.3 Å². The lowest BCUT2D eigenvalue weighted by Crippen LogP contribution is -2.34. The standard InChI is InChI=1S/C23H25ClN4O4/c1-4-27(5-2)22(30)13-18-16-8-6-7-9-17(16)23(31)28(26-18)14-21(29)25-19-12-15(24)10-11-20(19)32-3/h6-12H,4-5,13-14H2,1-3H3,(H,25,29). The van der Waals surface area contributed by atoms with Gasteiger partial charge in [0.05, 0.1) is 30.3 Å². The molecule has 0 atom stereocenters. The number of ether oxygens (including phenoxy) is 1. The number of rotatable bonds is 8. The van der Waals surface area contributed by atoms with Crippen LogP contribution in [0.4, 0.5) is 5.69 Å². The number of hydrogen-bond donors (Lipinski definition) is 1. The van der Waals surface area contributed by atoms with Crippen molar-refractivity contribution >= 4 is 39.9 Å². The van der Waals surface area contributed by atoms with E-state index in [9.17, 15) is 14.4 Å². The Bertz CT molecular complexity index is 1200. The maximum Gasteiger partial charge on any atom is 0.275 e. The Labute approximate surface area is 190 Å². The van der Waals surface area contributed by atoms with Crippen molar-refractivity contribution in [3.63, 3.8) is 0 Å². The molecule has 3 rings (SSSR count). The Balaban J connectivity index is 1.94. The molecule has 0 fully saturated rings. The van der Waals surface area contributed by atoms with Gasteiger partial charge in [-0.25, -0.2) is 4.68 Å². The van der Waals surface area contributed by atoms with Crippen molar-refractivity contribution in [2.75, 3.05) is 25.5 Å². The fraction of sp³-hybridized carbons (Fsp3) is 0.304. The van der Waals surface area contributed by atoms with Crippen molar-refractivity contribution in [2.24, 2.45) is 0 Å². The van der Waals surface area contributed by atoms with Crippen LogP contribution >= 0.6 is 11.6 Å². The third-order valence-corrected chi connectivity index (χ3v) is 5.34. The fourth-order valence-electron chi connectivity index (χ4n) is 3.48. The second-order valence-corrected chi connectivity index (χ2v) is 7.53. The maximum absolute atomic E-state index is 13.0. The summed E-state index contributed by atoms with van der Waals surface area (Å²) in [5.41, 5.74) is 0.425. The normalized spacial score (nSPS) is 10.8. The molecule has 3 aromatic rings. The number of hydrogen-bond acceptors (Lipinski definition) is 5. The molecule has 2 aromatic carbocycles. The molecule has 1 aromatic heterocycles. The molecule has 0 spiro atoms. The number of aromatic nitrogens is 2. The molecule has 1 N–H and O–H groups in total. The second-order valence-electron chi connectivity index (χ2n) is 7.09. The quantitative estimate of drug-likeness (QED) is 0.562. The summed E-state index contributed by atoms with van der Waals surface area (Å²) in [5.74, 6) is -0.130. The molecule has 0 radical (unpaired) electrons. The van der Waals surface area contributed by atoms with E-state index >= 15 is 0 Å². The molecule has 32 heavy (non-hydrogen) atoms. The smallest absolute Gasteiger partial charge is 0.275 e. The Morgan fingerprint density at radius 3 is 2.47 bits per heavy atom. The SMILES string of the molecule is CCN(CC)C(=O)Cc1nn(CC(=O)Nc2cc(Cl)ccc2OC)c(=O)c2ccccc12. The van der Waals surface area contributed by atoms with Crippen molar-refractivity contribution in [1.82, 2.24) is 14.7 Å². The van der Waals surface area contributed by atoms with Gasteiger partial charge in [-0.1, -0.05) is 29.8 Å². The lowest BCUT2D eigenvalue weighted by Gasteiger charge is -2.19. The first-order valence-corrected chi connectivity index (χ1v) is 10.7. The topological polar surface area (TPSA) is 93.5 Å². The summed E-state index contributed by atoms with van der Waals surface area (Å²) in [7, 11) is 1.48.